The molecule has 146 valence electrons. The second-order valence-electron chi connectivity index (χ2n) is 5.56. The number of rotatable bonds is 8. The van der Waals surface area contributed by atoms with Crippen molar-refractivity contribution in [2.24, 2.45) is 0 Å². The third-order valence-corrected chi connectivity index (χ3v) is 3.95. The molecule has 26 heavy (non-hydrogen) atoms. The van der Waals surface area contributed by atoms with Gasteiger partial charge in [-0.2, -0.15) is 0 Å². The highest BCUT2D eigenvalue weighted by atomic mass is 35.5. The van der Waals surface area contributed by atoms with Gasteiger partial charge in [-0.3, -0.25) is 19.8 Å². The molecule has 1 aliphatic heterocycles. The largest absolute Gasteiger partial charge is 0.493 e. The Morgan fingerprint density at radius 3 is 2.62 bits per heavy atom. The Labute approximate surface area is 158 Å². The molecule has 0 aromatic heterocycles. The zero-order valence-corrected chi connectivity index (χ0v) is 15.8. The van der Waals surface area contributed by atoms with Crippen LogP contribution in [0.4, 0.5) is 5.69 Å². The summed E-state index contributed by atoms with van der Waals surface area (Å²) in [7, 11) is 1.43. The predicted molar refractivity (Wildman–Crippen MR) is 99.7 cm³/mol. The lowest BCUT2D eigenvalue weighted by Gasteiger charge is -2.27. The van der Waals surface area contributed by atoms with Crippen LogP contribution in [0.3, 0.4) is 0 Å². The highest BCUT2D eigenvalue weighted by molar-refractivity contribution is 5.99. The molecule has 0 aliphatic carbocycles. The molecule has 0 saturated carbocycles. The first kappa shape index (κ1) is 21.9. The molecule has 2 rings (SSSR count). The molecular weight excluding hydrogens is 364 g/mol. The third-order valence-electron chi connectivity index (χ3n) is 3.95. The number of carbonyl (C=O) groups excluding carboxylic acids is 1. The number of nitro groups is 1. The molecule has 1 aromatic rings. The maximum atomic E-state index is 12.4. The van der Waals surface area contributed by atoms with Crippen LogP contribution in [0.25, 0.3) is 0 Å². The Balaban J connectivity index is 0.00000338. The third kappa shape index (κ3) is 5.72. The number of nitrogens with one attached hydrogen (secondary N) is 2. The first-order chi connectivity index (χ1) is 12.1. The van der Waals surface area contributed by atoms with Gasteiger partial charge in [0, 0.05) is 45.3 Å². The molecular formula is C16H25ClN4O5. The number of methoxy groups -OCH3 is 1. The molecule has 1 fully saturated rings. The smallest absolute Gasteiger partial charge is 0.286 e. The van der Waals surface area contributed by atoms with Gasteiger partial charge in [0.1, 0.15) is 5.56 Å². The molecule has 0 radical (unpaired) electrons. The summed E-state index contributed by atoms with van der Waals surface area (Å²) in [5, 5.41) is 17.3. The van der Waals surface area contributed by atoms with Crippen LogP contribution in [0.2, 0.25) is 0 Å². The minimum absolute atomic E-state index is 0. The molecule has 1 amide bonds. The minimum Gasteiger partial charge on any atom is -0.493 e. The van der Waals surface area contributed by atoms with E-state index in [2.05, 4.69) is 15.5 Å². The normalized spacial score (nSPS) is 14.2. The summed E-state index contributed by atoms with van der Waals surface area (Å²) in [6.45, 7) is 6.93. The fourth-order valence-electron chi connectivity index (χ4n) is 2.67. The van der Waals surface area contributed by atoms with Gasteiger partial charge in [-0.05, 0) is 6.92 Å². The highest BCUT2D eigenvalue weighted by Crippen LogP contribution is 2.34. The van der Waals surface area contributed by atoms with Gasteiger partial charge in [0.2, 0.25) is 0 Å². The van der Waals surface area contributed by atoms with Crippen LogP contribution in [0, 0.1) is 10.1 Å². The van der Waals surface area contributed by atoms with Crippen molar-refractivity contribution in [1.82, 2.24) is 15.5 Å². The number of nitro benzene ring substituents is 1. The number of nitrogens with zero attached hydrogens (tertiary/aromatic N) is 2. The van der Waals surface area contributed by atoms with Crippen LogP contribution >= 0.6 is 12.4 Å². The molecule has 0 unspecified atom stereocenters. The fraction of sp³-hybridized carbons (Fsp3) is 0.562. The van der Waals surface area contributed by atoms with E-state index in [1.165, 1.54) is 19.2 Å². The van der Waals surface area contributed by atoms with Crippen molar-refractivity contribution < 1.29 is 19.2 Å². The van der Waals surface area contributed by atoms with Crippen LogP contribution in [0.5, 0.6) is 11.5 Å². The van der Waals surface area contributed by atoms with Crippen molar-refractivity contribution >= 4 is 24.0 Å². The maximum Gasteiger partial charge on any atom is 0.286 e. The number of benzene rings is 1. The summed E-state index contributed by atoms with van der Waals surface area (Å²) in [5.74, 6) is 0.0388. The summed E-state index contributed by atoms with van der Waals surface area (Å²) >= 11 is 0. The Morgan fingerprint density at radius 1 is 1.35 bits per heavy atom. The van der Waals surface area contributed by atoms with Gasteiger partial charge in [-0.25, -0.2) is 0 Å². The number of amides is 1. The van der Waals surface area contributed by atoms with Gasteiger partial charge >= 0.3 is 0 Å². The van der Waals surface area contributed by atoms with Crippen LogP contribution in [0.15, 0.2) is 12.1 Å². The van der Waals surface area contributed by atoms with Crippen molar-refractivity contribution in [3.05, 3.63) is 27.8 Å². The van der Waals surface area contributed by atoms with Crippen molar-refractivity contribution in [2.75, 3.05) is 53.0 Å². The second kappa shape index (κ2) is 10.8. The monoisotopic (exact) mass is 388 g/mol. The van der Waals surface area contributed by atoms with E-state index >= 15 is 0 Å². The first-order valence-electron chi connectivity index (χ1n) is 8.27. The molecule has 0 spiro atoms. The lowest BCUT2D eigenvalue weighted by atomic mass is 10.1. The molecule has 1 saturated heterocycles. The van der Waals surface area contributed by atoms with Gasteiger partial charge in [0.05, 0.1) is 24.7 Å². The average Bonchev–Trinajstić information content (AvgIpc) is 2.62. The molecule has 1 aliphatic rings. The summed E-state index contributed by atoms with van der Waals surface area (Å²) in [5.41, 5.74) is -0.338. The van der Waals surface area contributed by atoms with E-state index in [9.17, 15) is 14.9 Å². The maximum absolute atomic E-state index is 12.4. The molecule has 2 N–H and O–H groups in total. The fourth-order valence-corrected chi connectivity index (χ4v) is 2.67. The van der Waals surface area contributed by atoms with Crippen molar-refractivity contribution in [3.8, 4) is 11.5 Å². The van der Waals surface area contributed by atoms with Crippen molar-refractivity contribution in [3.63, 3.8) is 0 Å². The SMILES string of the molecule is CCOc1cc([N+](=O)[O-])c(C(=O)NCCN2CCNCC2)cc1OC.Cl. The Hall–Kier alpha value is -2.10. The van der Waals surface area contributed by atoms with Gasteiger partial charge in [-0.15, -0.1) is 12.4 Å². The quantitative estimate of drug-likeness (QED) is 0.506. The van der Waals surface area contributed by atoms with Crippen molar-refractivity contribution in [2.45, 2.75) is 6.92 Å². The standard InChI is InChI=1S/C16H24N4O5.ClH/c1-3-25-15-11-13(20(22)23)12(10-14(15)24-2)16(21)18-6-9-19-7-4-17-5-8-19;/h10-11,17H,3-9H2,1-2H3,(H,18,21);1H. The Morgan fingerprint density at radius 2 is 2.04 bits per heavy atom. The van der Waals surface area contributed by atoms with E-state index in [-0.39, 0.29) is 29.4 Å². The van der Waals surface area contributed by atoms with Gasteiger partial charge in [-0.1, -0.05) is 0 Å². The van der Waals surface area contributed by atoms with Crippen molar-refractivity contribution in [1.29, 1.82) is 0 Å². The number of halogens is 1. The Kier molecular flexibility index (Phi) is 9.11. The Bertz CT molecular complexity index is 623. The highest BCUT2D eigenvalue weighted by Gasteiger charge is 2.24. The molecule has 9 nitrogen and oxygen atoms in total. The van der Waals surface area contributed by atoms with Gasteiger partial charge in [0.25, 0.3) is 11.6 Å². The van der Waals surface area contributed by atoms with Crippen LogP contribution in [-0.4, -0.2) is 68.7 Å². The molecule has 1 heterocycles. The van der Waals surface area contributed by atoms with Crippen LogP contribution in [0.1, 0.15) is 17.3 Å². The van der Waals surface area contributed by atoms with E-state index < -0.39 is 10.8 Å². The summed E-state index contributed by atoms with van der Waals surface area (Å²) in [4.78, 5) is 25.4. The van der Waals surface area contributed by atoms with Gasteiger partial charge < -0.3 is 20.1 Å². The zero-order valence-electron chi connectivity index (χ0n) is 14.9. The van der Waals surface area contributed by atoms with Crippen LogP contribution in [-0.2, 0) is 0 Å². The lowest BCUT2D eigenvalue weighted by Crippen LogP contribution is -2.46. The van der Waals surface area contributed by atoms with E-state index in [4.69, 9.17) is 9.47 Å². The molecule has 1 aromatic carbocycles. The van der Waals surface area contributed by atoms with E-state index in [1.54, 1.807) is 6.92 Å². The predicted octanol–water partition coefficient (Wildman–Crippen LogP) is 1.06. The number of piperazine rings is 1. The van der Waals surface area contributed by atoms with E-state index in [0.717, 1.165) is 26.2 Å². The number of ether oxygens (including phenoxy) is 2. The topological polar surface area (TPSA) is 106 Å². The summed E-state index contributed by atoms with van der Waals surface area (Å²) in [6.07, 6.45) is 0. The van der Waals surface area contributed by atoms with E-state index in [0.29, 0.717) is 25.4 Å². The number of hydrogen-bond donors (Lipinski definition) is 2. The average molecular weight is 389 g/mol. The van der Waals surface area contributed by atoms with Gasteiger partial charge in [0.15, 0.2) is 11.5 Å². The van der Waals surface area contributed by atoms with E-state index in [1.807, 2.05) is 0 Å². The zero-order chi connectivity index (χ0) is 18.2. The minimum atomic E-state index is -0.590. The lowest BCUT2D eigenvalue weighted by molar-refractivity contribution is -0.385. The molecule has 0 atom stereocenters. The molecule has 0 bridgehead atoms. The number of carbonyl (C=O) groups is 1. The number of hydrogen-bond acceptors (Lipinski definition) is 7. The first-order valence-corrected chi connectivity index (χ1v) is 8.27. The summed E-state index contributed by atoms with van der Waals surface area (Å²) < 4.78 is 10.5. The second-order valence-corrected chi connectivity index (χ2v) is 5.56. The summed E-state index contributed by atoms with van der Waals surface area (Å²) in [6, 6.07) is 2.58. The molecule has 10 heteroatoms. The van der Waals surface area contributed by atoms with Crippen LogP contribution < -0.4 is 20.1 Å².